The van der Waals surface area contributed by atoms with Gasteiger partial charge in [0.1, 0.15) is 11.7 Å². The molecule has 3 aromatic rings. The van der Waals surface area contributed by atoms with Gasteiger partial charge >= 0.3 is 0 Å². The van der Waals surface area contributed by atoms with Crippen molar-refractivity contribution < 1.29 is 14.0 Å². The van der Waals surface area contributed by atoms with Gasteiger partial charge < -0.3 is 5.32 Å². The molecule has 5 rings (SSSR count). The van der Waals surface area contributed by atoms with Crippen molar-refractivity contribution >= 4 is 46.0 Å². The molecule has 158 valence electrons. The number of rotatable bonds is 4. The number of amidine groups is 2. The fraction of sp³-hybridized carbons (Fsp3) is 0.0833. The predicted octanol–water partition coefficient (Wildman–Crippen LogP) is 4.53. The fourth-order valence-corrected chi connectivity index (χ4v) is 4.38. The van der Waals surface area contributed by atoms with E-state index >= 15 is 0 Å². The summed E-state index contributed by atoms with van der Waals surface area (Å²) in [6.45, 7) is 0. The van der Waals surface area contributed by atoms with Gasteiger partial charge in [-0.25, -0.2) is 19.3 Å². The molecule has 0 radical (unpaired) electrons. The Morgan fingerprint density at radius 1 is 1.00 bits per heavy atom. The summed E-state index contributed by atoms with van der Waals surface area (Å²) in [5, 5.41) is 2.92. The van der Waals surface area contributed by atoms with Crippen molar-refractivity contribution in [1.82, 2.24) is 4.90 Å². The molecule has 0 fully saturated rings. The zero-order chi connectivity index (χ0) is 22.1. The second-order valence-electron chi connectivity index (χ2n) is 7.17. The molecule has 6 nitrogen and oxygen atoms in total. The van der Waals surface area contributed by atoms with Gasteiger partial charge in [0.05, 0.1) is 17.1 Å². The average Bonchev–Trinajstić information content (AvgIpc) is 3.17. The van der Waals surface area contributed by atoms with Gasteiger partial charge in [0.15, 0.2) is 11.2 Å². The van der Waals surface area contributed by atoms with Gasteiger partial charge in [-0.1, -0.05) is 66.4 Å². The van der Waals surface area contributed by atoms with E-state index in [0.29, 0.717) is 16.7 Å². The van der Waals surface area contributed by atoms with Gasteiger partial charge in [-0.3, -0.25) is 9.59 Å². The highest BCUT2D eigenvalue weighted by Crippen LogP contribution is 2.37. The number of carbonyl (C=O) groups is 2. The van der Waals surface area contributed by atoms with E-state index in [-0.39, 0.29) is 17.3 Å². The number of aliphatic imine (C=N–C) groups is 2. The lowest BCUT2D eigenvalue weighted by Crippen LogP contribution is -2.40. The van der Waals surface area contributed by atoms with Crippen LogP contribution in [-0.4, -0.2) is 33.5 Å². The second kappa shape index (κ2) is 8.39. The van der Waals surface area contributed by atoms with Crippen molar-refractivity contribution in [2.24, 2.45) is 9.98 Å². The van der Waals surface area contributed by atoms with Crippen LogP contribution in [0.2, 0.25) is 0 Å². The third-order valence-corrected chi connectivity index (χ3v) is 6.00. The van der Waals surface area contributed by atoms with E-state index in [1.807, 2.05) is 54.6 Å². The minimum absolute atomic E-state index is 0.0393. The number of halogens is 1. The number of nitrogens with zero attached hydrogens (tertiary/aromatic N) is 3. The number of fused-ring (bicyclic) bond motifs is 3. The van der Waals surface area contributed by atoms with Gasteiger partial charge in [-0.15, -0.1) is 0 Å². The maximum atomic E-state index is 13.8. The van der Waals surface area contributed by atoms with Crippen LogP contribution in [0.4, 0.5) is 15.8 Å². The van der Waals surface area contributed by atoms with E-state index in [0.717, 1.165) is 22.9 Å². The van der Waals surface area contributed by atoms with Crippen LogP contribution in [0, 0.1) is 5.82 Å². The van der Waals surface area contributed by atoms with Crippen molar-refractivity contribution in [3.63, 3.8) is 0 Å². The molecule has 1 atom stereocenters. The summed E-state index contributed by atoms with van der Waals surface area (Å²) in [5.41, 5.74) is 2.34. The smallest absolute Gasteiger partial charge is 0.263 e. The number of hydrogen-bond acceptors (Lipinski definition) is 5. The minimum atomic E-state index is -0.671. The molecule has 0 aromatic heterocycles. The maximum absolute atomic E-state index is 13.8. The Balaban J connectivity index is 1.41. The molecule has 8 heteroatoms. The number of thioether (sulfide) groups is 1. The normalized spacial score (nSPS) is 16.7. The van der Waals surface area contributed by atoms with Crippen molar-refractivity contribution in [2.75, 3.05) is 11.1 Å². The fourth-order valence-electron chi connectivity index (χ4n) is 3.58. The van der Waals surface area contributed by atoms with Crippen LogP contribution in [0.25, 0.3) is 0 Å². The highest BCUT2D eigenvalue weighted by Gasteiger charge is 2.42. The molecule has 2 amide bonds. The highest BCUT2D eigenvalue weighted by atomic mass is 32.2. The number of anilines is 1. The number of benzene rings is 3. The van der Waals surface area contributed by atoms with Crippen molar-refractivity contribution in [1.29, 1.82) is 0 Å². The largest absolute Gasteiger partial charge is 0.323 e. The van der Waals surface area contributed by atoms with E-state index in [4.69, 9.17) is 4.99 Å². The number of amides is 2. The maximum Gasteiger partial charge on any atom is 0.263 e. The summed E-state index contributed by atoms with van der Waals surface area (Å²) < 4.78 is 13.8. The Morgan fingerprint density at radius 3 is 2.53 bits per heavy atom. The molecular weight excluding hydrogens is 427 g/mol. The molecule has 0 saturated heterocycles. The number of hydrogen-bond donors (Lipinski definition) is 1. The first-order valence-corrected chi connectivity index (χ1v) is 10.9. The second-order valence-corrected chi connectivity index (χ2v) is 8.11. The van der Waals surface area contributed by atoms with Crippen molar-refractivity contribution in [3.05, 3.63) is 95.8 Å². The molecule has 1 unspecified atom stereocenters. The molecule has 0 bridgehead atoms. The molecule has 2 aliphatic heterocycles. The van der Waals surface area contributed by atoms with E-state index in [1.54, 1.807) is 12.1 Å². The van der Waals surface area contributed by atoms with Crippen molar-refractivity contribution in [2.45, 2.75) is 6.04 Å². The molecule has 0 spiro atoms. The molecule has 2 aliphatic rings. The highest BCUT2D eigenvalue weighted by molar-refractivity contribution is 8.14. The zero-order valence-electron chi connectivity index (χ0n) is 16.7. The van der Waals surface area contributed by atoms with Crippen LogP contribution < -0.4 is 5.32 Å². The van der Waals surface area contributed by atoms with E-state index < -0.39 is 17.8 Å². The van der Waals surface area contributed by atoms with Gasteiger partial charge in [-0.2, -0.15) is 0 Å². The molecule has 2 heterocycles. The third kappa shape index (κ3) is 3.69. The molecule has 3 aromatic carbocycles. The lowest BCUT2D eigenvalue weighted by Gasteiger charge is -2.25. The topological polar surface area (TPSA) is 74.1 Å². The lowest BCUT2D eigenvalue weighted by atomic mass is 10.1. The molecule has 1 N–H and O–H groups in total. The molecule has 0 saturated carbocycles. The van der Waals surface area contributed by atoms with E-state index in [9.17, 15) is 14.0 Å². The van der Waals surface area contributed by atoms with Gasteiger partial charge in [-0.05, 0) is 29.8 Å². The van der Waals surface area contributed by atoms with Crippen LogP contribution in [0.1, 0.15) is 17.2 Å². The minimum Gasteiger partial charge on any atom is -0.323 e. The molecule has 0 aliphatic carbocycles. The zero-order valence-corrected chi connectivity index (χ0v) is 17.6. The van der Waals surface area contributed by atoms with Gasteiger partial charge in [0, 0.05) is 5.56 Å². The first-order chi connectivity index (χ1) is 15.6. The quantitative estimate of drug-likeness (QED) is 0.643. The first kappa shape index (κ1) is 20.1. The van der Waals surface area contributed by atoms with E-state index in [2.05, 4.69) is 10.3 Å². The summed E-state index contributed by atoms with van der Waals surface area (Å²) in [7, 11) is 0. The Kier molecular flexibility index (Phi) is 5.28. The Bertz CT molecular complexity index is 1280. The number of nitrogens with one attached hydrogen (secondary N) is 1. The van der Waals surface area contributed by atoms with Crippen LogP contribution in [0.5, 0.6) is 0 Å². The molecular formula is C24H17FN4O2S. The Morgan fingerprint density at radius 2 is 1.72 bits per heavy atom. The Hall–Kier alpha value is -3.78. The summed E-state index contributed by atoms with van der Waals surface area (Å²) in [5.74, 6) is -0.647. The van der Waals surface area contributed by atoms with Crippen LogP contribution in [0.3, 0.4) is 0 Å². The van der Waals surface area contributed by atoms with E-state index in [1.165, 1.54) is 17.0 Å². The summed E-state index contributed by atoms with van der Waals surface area (Å²) >= 11 is 1.11. The number of carbonyl (C=O) groups excluding carboxylic acids is 2. The average molecular weight is 444 g/mol. The standard InChI is InChI=1S/C24H17FN4O2S/c25-17-11-5-7-13-19(17)26-20(30)14-32-24-27-18-12-6-4-10-16(18)22-28-21(23(31)29(22)24)15-8-2-1-3-9-15/h1-13,21H,14H2,(H,26,30). The first-order valence-electron chi connectivity index (χ1n) is 9.94. The number of para-hydroxylation sites is 2. The van der Waals surface area contributed by atoms with Crippen LogP contribution in [-0.2, 0) is 9.59 Å². The molecule has 32 heavy (non-hydrogen) atoms. The van der Waals surface area contributed by atoms with Crippen molar-refractivity contribution in [3.8, 4) is 0 Å². The monoisotopic (exact) mass is 444 g/mol. The predicted molar refractivity (Wildman–Crippen MR) is 124 cm³/mol. The lowest BCUT2D eigenvalue weighted by molar-refractivity contribution is -0.124. The van der Waals surface area contributed by atoms with Gasteiger partial charge in [0.25, 0.3) is 5.91 Å². The van der Waals surface area contributed by atoms with Gasteiger partial charge in [0.2, 0.25) is 5.91 Å². The summed E-state index contributed by atoms with van der Waals surface area (Å²) in [4.78, 5) is 36.5. The summed E-state index contributed by atoms with van der Waals surface area (Å²) in [6, 6.07) is 22.1. The Labute approximate surface area is 187 Å². The SMILES string of the molecule is O=C(CSC1=Nc2ccccc2C2=NC(c3ccccc3)C(=O)N12)Nc1ccccc1F. The summed E-state index contributed by atoms with van der Waals surface area (Å²) in [6.07, 6.45) is 0. The third-order valence-electron chi connectivity index (χ3n) is 5.07. The van der Waals surface area contributed by atoms with Crippen LogP contribution in [0.15, 0.2) is 88.8 Å². The van der Waals surface area contributed by atoms with Crippen LogP contribution >= 0.6 is 11.8 Å².